The molecule has 17 heavy (non-hydrogen) atoms. The van der Waals surface area contributed by atoms with Crippen molar-refractivity contribution in [3.8, 4) is 0 Å². The molecule has 6 heteroatoms. The van der Waals surface area contributed by atoms with Crippen LogP contribution >= 0.6 is 0 Å². The summed E-state index contributed by atoms with van der Waals surface area (Å²) < 4.78 is 11.0. The van der Waals surface area contributed by atoms with Crippen LogP contribution in [0, 0.1) is 0 Å². The first-order chi connectivity index (χ1) is 8.29. The van der Waals surface area contributed by atoms with Gasteiger partial charge in [0, 0.05) is 26.2 Å². The van der Waals surface area contributed by atoms with Gasteiger partial charge >= 0.3 is 0 Å². The summed E-state index contributed by atoms with van der Waals surface area (Å²) in [6, 6.07) is 0. The van der Waals surface area contributed by atoms with Crippen LogP contribution in [0.3, 0.4) is 0 Å². The van der Waals surface area contributed by atoms with Gasteiger partial charge in [-0.25, -0.2) is 0 Å². The first-order valence-electron chi connectivity index (χ1n) is 6.22. The van der Waals surface area contributed by atoms with E-state index in [9.17, 15) is 0 Å². The molecule has 2 aliphatic rings. The van der Waals surface area contributed by atoms with Crippen LogP contribution in [-0.4, -0.2) is 61.0 Å². The molecule has 2 rings (SSSR count). The summed E-state index contributed by atoms with van der Waals surface area (Å²) in [6.45, 7) is 4.13. The van der Waals surface area contributed by atoms with Crippen molar-refractivity contribution in [1.82, 2.24) is 4.90 Å². The zero-order valence-corrected chi connectivity index (χ0v) is 10.0. The van der Waals surface area contributed by atoms with Gasteiger partial charge in [-0.3, -0.25) is 4.90 Å². The number of rotatable bonds is 4. The van der Waals surface area contributed by atoms with E-state index in [1.165, 1.54) is 12.8 Å². The van der Waals surface area contributed by atoms with Crippen LogP contribution in [0.1, 0.15) is 19.3 Å². The van der Waals surface area contributed by atoms with Crippen molar-refractivity contribution in [2.24, 2.45) is 10.9 Å². The molecule has 98 valence electrons. The lowest BCUT2D eigenvalue weighted by Gasteiger charge is -2.32. The van der Waals surface area contributed by atoms with E-state index in [0.717, 1.165) is 26.1 Å². The van der Waals surface area contributed by atoms with E-state index in [0.29, 0.717) is 19.3 Å². The Hall–Kier alpha value is -0.850. The number of amidine groups is 1. The Morgan fingerprint density at radius 3 is 3.00 bits per heavy atom. The van der Waals surface area contributed by atoms with Gasteiger partial charge in [0.15, 0.2) is 5.84 Å². The van der Waals surface area contributed by atoms with Gasteiger partial charge < -0.3 is 20.4 Å². The second-order valence-electron chi connectivity index (χ2n) is 4.61. The Kier molecular flexibility index (Phi) is 4.58. The molecular formula is C11H21N3O3. The molecule has 3 N–H and O–H groups in total. The van der Waals surface area contributed by atoms with Crippen molar-refractivity contribution >= 4 is 5.84 Å². The summed E-state index contributed by atoms with van der Waals surface area (Å²) in [5, 5.41) is 11.6. The van der Waals surface area contributed by atoms with E-state index in [-0.39, 0.29) is 11.9 Å². The molecule has 0 aliphatic carbocycles. The lowest BCUT2D eigenvalue weighted by atomic mass is 10.1. The highest BCUT2D eigenvalue weighted by Gasteiger charge is 2.25. The highest BCUT2D eigenvalue weighted by molar-refractivity contribution is 5.84. The van der Waals surface area contributed by atoms with E-state index in [2.05, 4.69) is 10.1 Å². The van der Waals surface area contributed by atoms with Gasteiger partial charge in [-0.2, -0.15) is 0 Å². The molecule has 2 atom stereocenters. The molecule has 0 spiro atoms. The molecule has 2 fully saturated rings. The van der Waals surface area contributed by atoms with Crippen molar-refractivity contribution in [2.45, 2.75) is 31.5 Å². The van der Waals surface area contributed by atoms with Gasteiger partial charge in [0.2, 0.25) is 0 Å². The molecule has 2 heterocycles. The summed E-state index contributed by atoms with van der Waals surface area (Å²) in [7, 11) is 0. The van der Waals surface area contributed by atoms with Crippen LogP contribution in [0.25, 0.3) is 0 Å². The maximum atomic E-state index is 8.62. The molecule has 0 amide bonds. The average molecular weight is 243 g/mol. The van der Waals surface area contributed by atoms with E-state index in [1.54, 1.807) is 0 Å². The third kappa shape index (κ3) is 3.55. The predicted octanol–water partition coefficient (Wildman–Crippen LogP) is 0.00270. The largest absolute Gasteiger partial charge is 0.409 e. The van der Waals surface area contributed by atoms with Crippen LogP contribution in [-0.2, 0) is 9.47 Å². The van der Waals surface area contributed by atoms with Crippen LogP contribution < -0.4 is 5.73 Å². The molecule has 0 saturated carbocycles. The van der Waals surface area contributed by atoms with Gasteiger partial charge in [0.25, 0.3) is 0 Å². The lowest BCUT2D eigenvalue weighted by Crippen LogP contribution is -2.49. The third-order valence-corrected chi connectivity index (χ3v) is 3.39. The quantitative estimate of drug-likeness (QED) is 0.314. The Morgan fingerprint density at radius 2 is 2.29 bits per heavy atom. The third-order valence-electron chi connectivity index (χ3n) is 3.39. The minimum Gasteiger partial charge on any atom is -0.409 e. The zero-order valence-electron chi connectivity index (χ0n) is 10.0. The smallest absolute Gasteiger partial charge is 0.169 e. The van der Waals surface area contributed by atoms with E-state index < -0.39 is 0 Å². The number of nitrogens with zero attached hydrogens (tertiary/aromatic N) is 2. The Balaban J connectivity index is 1.73. The summed E-state index contributed by atoms with van der Waals surface area (Å²) in [5.74, 6) is 0.159. The van der Waals surface area contributed by atoms with Gasteiger partial charge in [-0.05, 0) is 19.3 Å². The maximum absolute atomic E-state index is 8.62. The Morgan fingerprint density at radius 1 is 1.41 bits per heavy atom. The standard InChI is InChI=1S/C11H21N3O3/c12-11(13-15)10-8-14(5-7-17-10)4-3-9-2-1-6-16-9/h9-10,15H,1-8H2,(H2,12,13). The number of hydrogen-bond donors (Lipinski definition) is 2. The monoisotopic (exact) mass is 243 g/mol. The van der Waals surface area contributed by atoms with Gasteiger partial charge in [0.1, 0.15) is 6.10 Å². The fourth-order valence-corrected chi connectivity index (χ4v) is 2.35. The minimum atomic E-state index is -0.279. The van der Waals surface area contributed by atoms with Crippen LogP contribution in [0.4, 0.5) is 0 Å². The van der Waals surface area contributed by atoms with Gasteiger partial charge in [0.05, 0.1) is 12.7 Å². The molecule has 0 bridgehead atoms. The number of hydrogen-bond acceptors (Lipinski definition) is 5. The van der Waals surface area contributed by atoms with E-state index in [1.807, 2.05) is 0 Å². The van der Waals surface area contributed by atoms with E-state index in [4.69, 9.17) is 20.4 Å². The average Bonchev–Trinajstić information content (AvgIpc) is 2.89. The zero-order chi connectivity index (χ0) is 12.1. The number of nitrogens with two attached hydrogens (primary N) is 1. The molecule has 2 aliphatic heterocycles. The molecule has 0 aromatic carbocycles. The second-order valence-corrected chi connectivity index (χ2v) is 4.61. The maximum Gasteiger partial charge on any atom is 0.169 e. The molecule has 0 aromatic rings. The summed E-state index contributed by atoms with van der Waals surface area (Å²) in [6.07, 6.45) is 3.55. The minimum absolute atomic E-state index is 0.159. The van der Waals surface area contributed by atoms with Crippen molar-refractivity contribution in [2.75, 3.05) is 32.8 Å². The number of ether oxygens (including phenoxy) is 2. The topological polar surface area (TPSA) is 80.3 Å². The first kappa shape index (κ1) is 12.6. The number of oxime groups is 1. The van der Waals surface area contributed by atoms with E-state index >= 15 is 0 Å². The van der Waals surface area contributed by atoms with Gasteiger partial charge in [-0.1, -0.05) is 5.16 Å². The lowest BCUT2D eigenvalue weighted by molar-refractivity contribution is -0.00206. The summed E-state index contributed by atoms with van der Waals surface area (Å²) in [4.78, 5) is 2.29. The highest BCUT2D eigenvalue weighted by atomic mass is 16.5. The van der Waals surface area contributed by atoms with Crippen molar-refractivity contribution < 1.29 is 14.7 Å². The normalized spacial score (nSPS) is 31.9. The molecule has 2 saturated heterocycles. The summed E-state index contributed by atoms with van der Waals surface area (Å²) >= 11 is 0. The van der Waals surface area contributed by atoms with Crippen molar-refractivity contribution in [3.63, 3.8) is 0 Å². The predicted molar refractivity (Wildman–Crippen MR) is 63.2 cm³/mol. The Bertz CT molecular complexity index is 267. The first-order valence-corrected chi connectivity index (χ1v) is 6.22. The van der Waals surface area contributed by atoms with Crippen LogP contribution in [0.5, 0.6) is 0 Å². The second kappa shape index (κ2) is 6.18. The summed E-state index contributed by atoms with van der Waals surface area (Å²) in [5.41, 5.74) is 5.55. The van der Waals surface area contributed by atoms with Crippen LogP contribution in [0.15, 0.2) is 5.16 Å². The molecule has 2 unspecified atom stereocenters. The van der Waals surface area contributed by atoms with Gasteiger partial charge in [-0.15, -0.1) is 0 Å². The molecule has 0 aromatic heterocycles. The fourth-order valence-electron chi connectivity index (χ4n) is 2.35. The SMILES string of the molecule is NC(=NO)C1CN(CCC2CCCO2)CCO1. The molecular weight excluding hydrogens is 222 g/mol. The Labute approximate surface area is 101 Å². The molecule has 0 radical (unpaired) electrons. The fraction of sp³-hybridized carbons (Fsp3) is 0.909. The van der Waals surface area contributed by atoms with Crippen molar-refractivity contribution in [3.05, 3.63) is 0 Å². The molecule has 6 nitrogen and oxygen atoms in total. The van der Waals surface area contributed by atoms with Crippen molar-refractivity contribution in [1.29, 1.82) is 0 Å². The highest BCUT2D eigenvalue weighted by Crippen LogP contribution is 2.16. The van der Waals surface area contributed by atoms with Crippen LogP contribution in [0.2, 0.25) is 0 Å². The number of morpholine rings is 1.